The molecule has 1 unspecified atom stereocenters. The van der Waals surface area contributed by atoms with E-state index in [2.05, 4.69) is 10.3 Å². The van der Waals surface area contributed by atoms with E-state index in [1.54, 1.807) is 42.6 Å². The van der Waals surface area contributed by atoms with E-state index in [0.29, 0.717) is 13.1 Å². The minimum atomic E-state index is -4.19. The van der Waals surface area contributed by atoms with Gasteiger partial charge in [-0.25, -0.2) is 0 Å². The van der Waals surface area contributed by atoms with Crippen molar-refractivity contribution in [3.63, 3.8) is 0 Å². The molecular formula is C11H16F3N3. The highest BCUT2D eigenvalue weighted by Gasteiger charge is 2.41. The number of nitrogens with one attached hydrogen (secondary N) is 1. The fourth-order valence-corrected chi connectivity index (χ4v) is 1.48. The normalized spacial score (nSPS) is 23.3. The molecule has 6 heteroatoms. The van der Waals surface area contributed by atoms with Crippen LogP contribution in [0.5, 0.6) is 0 Å². The lowest BCUT2D eigenvalue weighted by molar-refractivity contribution is -0.162. The van der Waals surface area contributed by atoms with E-state index >= 15 is 0 Å². The second-order valence-corrected chi connectivity index (χ2v) is 3.63. The van der Waals surface area contributed by atoms with Gasteiger partial charge in [0.1, 0.15) is 6.04 Å². The zero-order chi connectivity index (χ0) is 12.7. The molecule has 0 spiro atoms. The Morgan fingerprint density at radius 1 is 1.35 bits per heavy atom. The number of halogens is 3. The van der Waals surface area contributed by atoms with Crippen molar-refractivity contribution in [1.29, 1.82) is 0 Å². The van der Waals surface area contributed by atoms with E-state index in [1.165, 1.54) is 0 Å². The Balaban J connectivity index is 2.45. The summed E-state index contributed by atoms with van der Waals surface area (Å²) in [6.45, 7) is 2.66. The Morgan fingerprint density at radius 3 is 2.76 bits per heavy atom. The van der Waals surface area contributed by atoms with Crippen LogP contribution in [0.4, 0.5) is 13.2 Å². The van der Waals surface area contributed by atoms with Gasteiger partial charge in [0.05, 0.1) is 0 Å². The summed E-state index contributed by atoms with van der Waals surface area (Å²) in [4.78, 5) is 5.49. The standard InChI is InChI=1S/C11H16F3N3/c1-2-15-5-3-4-7-17-8-6-16-10(9-17)11(12,13)14/h2-5,7,10,16H,6,8-9H2,1H3/b5-3-,7-4+,15-2?. The Hall–Kier alpha value is -1.30. The van der Waals surface area contributed by atoms with Crippen LogP contribution < -0.4 is 5.32 Å². The average molecular weight is 247 g/mol. The molecule has 0 aromatic carbocycles. The fraction of sp³-hybridized carbons (Fsp3) is 0.545. The first-order valence-electron chi connectivity index (χ1n) is 5.39. The van der Waals surface area contributed by atoms with Gasteiger partial charge in [-0.05, 0) is 25.3 Å². The molecule has 1 N–H and O–H groups in total. The predicted molar refractivity (Wildman–Crippen MR) is 61.9 cm³/mol. The first-order valence-corrected chi connectivity index (χ1v) is 5.39. The van der Waals surface area contributed by atoms with E-state index in [9.17, 15) is 13.2 Å². The number of piperazine rings is 1. The van der Waals surface area contributed by atoms with Crippen LogP contribution in [0, 0.1) is 0 Å². The molecule has 0 aliphatic carbocycles. The van der Waals surface area contributed by atoms with Crippen molar-refractivity contribution in [1.82, 2.24) is 10.2 Å². The predicted octanol–water partition coefficient (Wildman–Crippen LogP) is 1.94. The molecule has 0 amide bonds. The molecule has 0 radical (unpaired) electrons. The third-order valence-electron chi connectivity index (χ3n) is 2.33. The smallest absolute Gasteiger partial charge is 0.374 e. The quantitative estimate of drug-likeness (QED) is 0.609. The fourth-order valence-electron chi connectivity index (χ4n) is 1.48. The number of hydrogen-bond donors (Lipinski definition) is 1. The van der Waals surface area contributed by atoms with Crippen LogP contribution >= 0.6 is 0 Å². The number of alkyl halides is 3. The summed E-state index contributed by atoms with van der Waals surface area (Å²) in [5, 5.41) is 2.46. The number of allylic oxidation sites excluding steroid dienone is 2. The first kappa shape index (κ1) is 13.8. The van der Waals surface area contributed by atoms with Crippen LogP contribution in [0.1, 0.15) is 6.92 Å². The second kappa shape index (κ2) is 6.44. The SMILES string of the molecule is CC=N/C=C\C=C\N1CCNC(C(F)(F)F)C1. The molecule has 1 atom stereocenters. The maximum atomic E-state index is 12.5. The molecule has 0 bridgehead atoms. The molecule has 1 aliphatic heterocycles. The Bertz CT molecular complexity index is 308. The van der Waals surface area contributed by atoms with Gasteiger partial charge < -0.3 is 10.2 Å². The highest BCUT2D eigenvalue weighted by atomic mass is 19.4. The van der Waals surface area contributed by atoms with Crippen molar-refractivity contribution in [2.24, 2.45) is 4.99 Å². The largest absolute Gasteiger partial charge is 0.405 e. The van der Waals surface area contributed by atoms with Gasteiger partial charge in [0.2, 0.25) is 0 Å². The maximum Gasteiger partial charge on any atom is 0.405 e. The molecule has 1 saturated heterocycles. The highest BCUT2D eigenvalue weighted by Crippen LogP contribution is 2.22. The van der Waals surface area contributed by atoms with Crippen LogP contribution in [0.2, 0.25) is 0 Å². The summed E-state index contributed by atoms with van der Waals surface area (Å²) in [6, 6.07) is -1.45. The van der Waals surface area contributed by atoms with Crippen LogP contribution in [0.15, 0.2) is 29.5 Å². The summed E-state index contributed by atoms with van der Waals surface area (Å²) >= 11 is 0. The minimum absolute atomic E-state index is 0.0507. The van der Waals surface area contributed by atoms with Crippen molar-refractivity contribution in [3.8, 4) is 0 Å². The van der Waals surface area contributed by atoms with Crippen LogP contribution in [0.25, 0.3) is 0 Å². The van der Waals surface area contributed by atoms with Crippen molar-refractivity contribution < 1.29 is 13.2 Å². The number of rotatable bonds is 3. The minimum Gasteiger partial charge on any atom is -0.374 e. The third kappa shape index (κ3) is 5.04. The lowest BCUT2D eigenvalue weighted by atomic mass is 10.2. The van der Waals surface area contributed by atoms with Gasteiger partial charge in [-0.15, -0.1) is 0 Å². The molecule has 96 valence electrons. The van der Waals surface area contributed by atoms with Gasteiger partial charge in [-0.3, -0.25) is 4.99 Å². The molecule has 1 heterocycles. The van der Waals surface area contributed by atoms with Crippen LogP contribution in [-0.2, 0) is 0 Å². The van der Waals surface area contributed by atoms with Crippen molar-refractivity contribution in [3.05, 3.63) is 24.6 Å². The van der Waals surface area contributed by atoms with Gasteiger partial charge in [0.25, 0.3) is 0 Å². The van der Waals surface area contributed by atoms with Crippen LogP contribution in [-0.4, -0.2) is 43.0 Å². The van der Waals surface area contributed by atoms with Gasteiger partial charge in [-0.2, -0.15) is 13.2 Å². The van der Waals surface area contributed by atoms with Gasteiger partial charge >= 0.3 is 6.18 Å². The summed E-state index contributed by atoms with van der Waals surface area (Å²) in [5.74, 6) is 0. The highest BCUT2D eigenvalue weighted by molar-refractivity contribution is 5.54. The Kier molecular flexibility index (Phi) is 5.21. The number of aliphatic imine (C=N–C) groups is 1. The van der Waals surface area contributed by atoms with Gasteiger partial charge in [0, 0.05) is 32.0 Å². The molecule has 0 aromatic rings. The number of nitrogens with zero attached hydrogens (tertiary/aromatic N) is 2. The van der Waals surface area contributed by atoms with E-state index < -0.39 is 12.2 Å². The van der Waals surface area contributed by atoms with Gasteiger partial charge in [0.15, 0.2) is 0 Å². The van der Waals surface area contributed by atoms with Crippen LogP contribution in [0.3, 0.4) is 0 Å². The molecule has 1 fully saturated rings. The Labute approximate surface area is 98.7 Å². The Morgan fingerprint density at radius 2 is 2.12 bits per heavy atom. The second-order valence-electron chi connectivity index (χ2n) is 3.63. The zero-order valence-electron chi connectivity index (χ0n) is 9.61. The molecule has 1 rings (SSSR count). The van der Waals surface area contributed by atoms with E-state index in [-0.39, 0.29) is 6.54 Å². The lowest BCUT2D eigenvalue weighted by Crippen LogP contribution is -2.55. The van der Waals surface area contributed by atoms with Crippen molar-refractivity contribution in [2.45, 2.75) is 19.1 Å². The molecule has 1 aliphatic rings. The molecule has 17 heavy (non-hydrogen) atoms. The van der Waals surface area contributed by atoms with E-state index in [4.69, 9.17) is 0 Å². The van der Waals surface area contributed by atoms with E-state index in [1.807, 2.05) is 0 Å². The van der Waals surface area contributed by atoms with E-state index in [0.717, 1.165) is 0 Å². The van der Waals surface area contributed by atoms with Crippen molar-refractivity contribution >= 4 is 6.21 Å². The summed E-state index contributed by atoms with van der Waals surface area (Å²) in [7, 11) is 0. The summed E-state index contributed by atoms with van der Waals surface area (Å²) in [5.41, 5.74) is 0. The monoisotopic (exact) mass is 247 g/mol. The van der Waals surface area contributed by atoms with Gasteiger partial charge in [-0.1, -0.05) is 0 Å². The summed E-state index contributed by atoms with van der Waals surface area (Å²) in [6.07, 6.45) is 4.06. The maximum absolute atomic E-state index is 12.5. The zero-order valence-corrected chi connectivity index (χ0v) is 9.61. The molecular weight excluding hydrogens is 231 g/mol. The van der Waals surface area contributed by atoms with Crippen molar-refractivity contribution in [2.75, 3.05) is 19.6 Å². The third-order valence-corrected chi connectivity index (χ3v) is 2.33. The topological polar surface area (TPSA) is 27.6 Å². The first-order chi connectivity index (χ1) is 8.04. The lowest BCUT2D eigenvalue weighted by Gasteiger charge is -2.33. The molecule has 0 aromatic heterocycles. The summed E-state index contributed by atoms with van der Waals surface area (Å²) < 4.78 is 37.4. The molecule has 3 nitrogen and oxygen atoms in total. The number of hydrogen-bond acceptors (Lipinski definition) is 3. The average Bonchev–Trinajstić information content (AvgIpc) is 2.28. The molecule has 0 saturated carbocycles.